The van der Waals surface area contributed by atoms with Crippen molar-refractivity contribution in [2.45, 2.75) is 26.7 Å². The van der Waals surface area contributed by atoms with Crippen molar-refractivity contribution in [3.8, 4) is 17.0 Å². The van der Waals surface area contributed by atoms with Crippen LogP contribution in [0, 0.1) is 6.92 Å². The van der Waals surface area contributed by atoms with E-state index in [1.165, 1.54) is 6.20 Å². The predicted molar refractivity (Wildman–Crippen MR) is 75.7 cm³/mol. The molecule has 0 spiro atoms. The topological polar surface area (TPSA) is 55.0 Å². The van der Waals surface area contributed by atoms with Crippen molar-refractivity contribution in [2.75, 3.05) is 7.11 Å². The zero-order chi connectivity index (χ0) is 14.0. The van der Waals surface area contributed by atoms with E-state index in [0.717, 1.165) is 28.1 Å². The summed E-state index contributed by atoms with van der Waals surface area (Å²) in [5.74, 6) is 1.23. The van der Waals surface area contributed by atoms with Gasteiger partial charge in [0.15, 0.2) is 0 Å². The maximum Gasteiger partial charge on any atom is 0.345 e. The maximum atomic E-state index is 11.3. The maximum absolute atomic E-state index is 11.3. The molecule has 0 saturated carbocycles. The number of H-pyrrole nitrogens is 1. The Hall–Kier alpha value is -2.10. The lowest BCUT2D eigenvalue weighted by Gasteiger charge is -2.16. The Labute approximate surface area is 112 Å². The highest BCUT2D eigenvalue weighted by atomic mass is 16.5. The Morgan fingerprint density at radius 1 is 1.32 bits per heavy atom. The molecule has 1 aromatic carbocycles. The van der Waals surface area contributed by atoms with Gasteiger partial charge in [-0.3, -0.25) is 0 Å². The Balaban J connectivity index is 2.64. The highest BCUT2D eigenvalue weighted by Gasteiger charge is 2.12. The molecule has 0 atom stereocenters. The van der Waals surface area contributed by atoms with Gasteiger partial charge in [-0.05, 0) is 42.2 Å². The molecule has 0 amide bonds. The number of aromatic amines is 1. The molecule has 0 aliphatic heterocycles. The number of methoxy groups -OCH3 is 1. The molecule has 0 unspecified atom stereocenters. The second-order valence-electron chi connectivity index (χ2n) is 4.85. The number of ether oxygens (including phenoxy) is 1. The first-order chi connectivity index (χ1) is 9.02. The van der Waals surface area contributed by atoms with E-state index in [1.807, 2.05) is 13.0 Å². The lowest BCUT2D eigenvalue weighted by atomic mass is 9.95. The van der Waals surface area contributed by atoms with Gasteiger partial charge in [0.25, 0.3) is 0 Å². The molecule has 0 bridgehead atoms. The molecule has 1 aromatic heterocycles. The summed E-state index contributed by atoms with van der Waals surface area (Å²) in [5.41, 5.74) is 3.63. The van der Waals surface area contributed by atoms with E-state index in [2.05, 4.69) is 29.9 Å². The summed E-state index contributed by atoms with van der Waals surface area (Å²) in [6.45, 7) is 6.24. The molecule has 0 aliphatic carbocycles. The number of rotatable bonds is 3. The molecular weight excluding hydrogens is 240 g/mol. The van der Waals surface area contributed by atoms with Crippen LogP contribution in [0.2, 0.25) is 0 Å². The third-order valence-electron chi connectivity index (χ3n) is 3.16. The zero-order valence-corrected chi connectivity index (χ0v) is 11.7. The molecule has 4 nitrogen and oxygen atoms in total. The van der Waals surface area contributed by atoms with E-state index >= 15 is 0 Å². The lowest BCUT2D eigenvalue weighted by Crippen LogP contribution is -2.10. The highest BCUT2D eigenvalue weighted by molar-refractivity contribution is 5.66. The van der Waals surface area contributed by atoms with Crippen LogP contribution < -0.4 is 10.4 Å². The predicted octanol–water partition coefficient (Wildman–Crippen LogP) is 2.88. The Kier molecular flexibility index (Phi) is 3.69. The molecule has 2 rings (SSSR count). The average molecular weight is 258 g/mol. The number of aromatic nitrogens is 2. The summed E-state index contributed by atoms with van der Waals surface area (Å²) in [4.78, 5) is 17.7. The quantitative estimate of drug-likeness (QED) is 0.921. The summed E-state index contributed by atoms with van der Waals surface area (Å²) >= 11 is 0. The normalized spacial score (nSPS) is 10.8. The Bertz CT molecular complexity index is 645. The molecule has 100 valence electrons. The number of nitrogens with zero attached hydrogens (tertiary/aromatic N) is 1. The van der Waals surface area contributed by atoms with Gasteiger partial charge in [-0.1, -0.05) is 13.8 Å². The fourth-order valence-corrected chi connectivity index (χ4v) is 2.14. The van der Waals surface area contributed by atoms with Crippen molar-refractivity contribution in [3.63, 3.8) is 0 Å². The van der Waals surface area contributed by atoms with Gasteiger partial charge in [-0.2, -0.15) is 0 Å². The molecule has 2 aromatic rings. The third-order valence-corrected chi connectivity index (χ3v) is 3.16. The minimum Gasteiger partial charge on any atom is -0.496 e. The molecule has 19 heavy (non-hydrogen) atoms. The molecule has 4 heteroatoms. The molecule has 0 radical (unpaired) electrons. The van der Waals surface area contributed by atoms with Crippen LogP contribution in [0.25, 0.3) is 11.3 Å². The van der Waals surface area contributed by atoms with Crippen molar-refractivity contribution in [3.05, 3.63) is 46.0 Å². The first-order valence-electron chi connectivity index (χ1n) is 6.27. The van der Waals surface area contributed by atoms with Gasteiger partial charge in [0.2, 0.25) is 0 Å². The monoisotopic (exact) mass is 258 g/mol. The van der Waals surface area contributed by atoms with Gasteiger partial charge in [-0.25, -0.2) is 9.78 Å². The molecule has 0 aliphatic rings. The SMILES string of the molecule is COc1cc(C)c(-c2ccnc(=O)[nH]2)cc1C(C)C. The van der Waals surface area contributed by atoms with E-state index in [-0.39, 0.29) is 5.69 Å². The van der Waals surface area contributed by atoms with Crippen LogP contribution in [0.4, 0.5) is 0 Å². The summed E-state index contributed by atoms with van der Waals surface area (Å²) in [6, 6.07) is 5.88. The van der Waals surface area contributed by atoms with Gasteiger partial charge >= 0.3 is 5.69 Å². The second-order valence-corrected chi connectivity index (χ2v) is 4.85. The van der Waals surface area contributed by atoms with Crippen molar-refractivity contribution in [1.82, 2.24) is 9.97 Å². The van der Waals surface area contributed by atoms with Crippen molar-refractivity contribution in [1.29, 1.82) is 0 Å². The van der Waals surface area contributed by atoms with Crippen molar-refractivity contribution >= 4 is 0 Å². The largest absolute Gasteiger partial charge is 0.496 e. The number of nitrogens with one attached hydrogen (secondary N) is 1. The lowest BCUT2D eigenvalue weighted by molar-refractivity contribution is 0.407. The van der Waals surface area contributed by atoms with E-state index in [0.29, 0.717) is 5.92 Å². The van der Waals surface area contributed by atoms with Crippen LogP contribution >= 0.6 is 0 Å². The first-order valence-corrected chi connectivity index (χ1v) is 6.27. The van der Waals surface area contributed by atoms with Gasteiger partial charge < -0.3 is 9.72 Å². The van der Waals surface area contributed by atoms with E-state index < -0.39 is 0 Å². The summed E-state index contributed by atoms with van der Waals surface area (Å²) < 4.78 is 5.42. The first kappa shape index (κ1) is 13.3. The number of hydrogen-bond donors (Lipinski definition) is 1. The van der Waals surface area contributed by atoms with Crippen LogP contribution in [-0.4, -0.2) is 17.1 Å². The Morgan fingerprint density at radius 2 is 2.05 bits per heavy atom. The van der Waals surface area contributed by atoms with Crippen LogP contribution in [-0.2, 0) is 0 Å². The molecule has 1 heterocycles. The summed E-state index contributed by atoms with van der Waals surface area (Å²) in [6.07, 6.45) is 1.52. The summed E-state index contributed by atoms with van der Waals surface area (Å²) in [7, 11) is 1.68. The van der Waals surface area contributed by atoms with E-state index in [1.54, 1.807) is 13.2 Å². The standard InChI is InChI=1S/C15H18N2O2/c1-9(2)11-8-12(10(3)7-14(11)19-4)13-5-6-16-15(18)17-13/h5-9H,1-4H3,(H,16,17,18). The summed E-state index contributed by atoms with van der Waals surface area (Å²) in [5, 5.41) is 0. The molecule has 0 fully saturated rings. The minimum absolute atomic E-state index is 0.334. The van der Waals surface area contributed by atoms with Crippen LogP contribution in [0.5, 0.6) is 5.75 Å². The van der Waals surface area contributed by atoms with E-state index in [4.69, 9.17) is 4.74 Å². The van der Waals surface area contributed by atoms with Gasteiger partial charge in [0, 0.05) is 11.8 Å². The molecular formula is C15H18N2O2. The molecule has 0 saturated heterocycles. The third kappa shape index (κ3) is 2.67. The van der Waals surface area contributed by atoms with Gasteiger partial charge in [-0.15, -0.1) is 0 Å². The number of hydrogen-bond acceptors (Lipinski definition) is 3. The van der Waals surface area contributed by atoms with Crippen molar-refractivity contribution < 1.29 is 4.74 Å². The van der Waals surface area contributed by atoms with Gasteiger partial charge in [0.05, 0.1) is 12.8 Å². The van der Waals surface area contributed by atoms with Crippen LogP contribution in [0.3, 0.4) is 0 Å². The number of aryl methyl sites for hydroxylation is 1. The van der Waals surface area contributed by atoms with Crippen molar-refractivity contribution in [2.24, 2.45) is 0 Å². The smallest absolute Gasteiger partial charge is 0.345 e. The van der Waals surface area contributed by atoms with E-state index in [9.17, 15) is 4.79 Å². The van der Waals surface area contributed by atoms with Crippen LogP contribution in [0.15, 0.2) is 29.2 Å². The van der Waals surface area contributed by atoms with Crippen LogP contribution in [0.1, 0.15) is 30.9 Å². The average Bonchev–Trinajstić information content (AvgIpc) is 2.37. The molecule has 1 N–H and O–H groups in total. The van der Waals surface area contributed by atoms with Gasteiger partial charge in [0.1, 0.15) is 5.75 Å². The highest BCUT2D eigenvalue weighted by Crippen LogP contribution is 2.33. The minimum atomic E-state index is -0.334. The Morgan fingerprint density at radius 3 is 2.63 bits per heavy atom. The second kappa shape index (κ2) is 5.26. The fraction of sp³-hybridized carbons (Fsp3) is 0.333. The zero-order valence-electron chi connectivity index (χ0n) is 11.7. The number of benzene rings is 1. The fourth-order valence-electron chi connectivity index (χ4n) is 2.14.